The van der Waals surface area contributed by atoms with Crippen molar-refractivity contribution in [1.82, 2.24) is 10.2 Å². The summed E-state index contributed by atoms with van der Waals surface area (Å²) in [6, 6.07) is 0.736. The molecule has 1 unspecified atom stereocenters. The van der Waals surface area contributed by atoms with Crippen molar-refractivity contribution >= 4 is 0 Å². The molecule has 0 aromatic rings. The largest absolute Gasteiger partial charge is 0.396 e. The smallest absolute Gasteiger partial charge is 0.0443 e. The van der Waals surface area contributed by atoms with Crippen LogP contribution in [0.15, 0.2) is 0 Å². The van der Waals surface area contributed by atoms with Gasteiger partial charge in [0.2, 0.25) is 0 Å². The first-order valence-corrected chi connectivity index (χ1v) is 5.85. The predicted octanol–water partition coefficient (Wildman–Crippen LogP) is 0.833. The van der Waals surface area contributed by atoms with E-state index in [1.807, 2.05) is 0 Å². The van der Waals surface area contributed by atoms with E-state index in [1.165, 1.54) is 32.2 Å². The maximum Gasteiger partial charge on any atom is 0.0443 e. The third kappa shape index (κ3) is 4.94. The molecule has 0 aromatic heterocycles. The summed E-state index contributed by atoms with van der Waals surface area (Å²) in [6.07, 6.45) is 6.22. The van der Waals surface area contributed by atoms with Gasteiger partial charge in [-0.15, -0.1) is 0 Å². The van der Waals surface area contributed by atoms with Crippen LogP contribution in [0.5, 0.6) is 0 Å². The molecule has 1 rings (SSSR count). The highest BCUT2D eigenvalue weighted by atomic mass is 16.3. The predicted molar refractivity (Wildman–Crippen MR) is 59.5 cm³/mol. The molecule has 3 heteroatoms. The summed E-state index contributed by atoms with van der Waals surface area (Å²) in [5, 5.41) is 12.2. The molecular weight excluding hydrogens is 176 g/mol. The second-order valence-corrected chi connectivity index (χ2v) is 4.32. The van der Waals surface area contributed by atoms with E-state index in [2.05, 4.69) is 17.3 Å². The lowest BCUT2D eigenvalue weighted by molar-refractivity contribution is 0.237. The fourth-order valence-electron chi connectivity index (χ4n) is 2.00. The third-order valence-electron chi connectivity index (χ3n) is 2.97. The van der Waals surface area contributed by atoms with Gasteiger partial charge in [0, 0.05) is 19.2 Å². The summed E-state index contributed by atoms with van der Waals surface area (Å²) < 4.78 is 0. The Bertz CT molecular complexity index is 135. The van der Waals surface area contributed by atoms with Crippen LogP contribution in [0, 0.1) is 0 Å². The number of rotatable bonds is 6. The monoisotopic (exact) mass is 200 g/mol. The Labute approximate surface area is 87.5 Å². The van der Waals surface area contributed by atoms with Crippen LogP contribution in [0.3, 0.4) is 0 Å². The standard InChI is InChI=1S/C11H24N2O/c1-13(8-4-10-14)9-6-11-5-2-3-7-12-11/h11-12,14H,2-10H2,1H3. The maximum atomic E-state index is 8.69. The zero-order chi connectivity index (χ0) is 10.2. The first kappa shape index (κ1) is 12.0. The molecule has 0 amide bonds. The van der Waals surface area contributed by atoms with Crippen LogP contribution >= 0.6 is 0 Å². The van der Waals surface area contributed by atoms with Crippen molar-refractivity contribution in [3.05, 3.63) is 0 Å². The SMILES string of the molecule is CN(CCCO)CCC1CCCCN1. The highest BCUT2D eigenvalue weighted by Crippen LogP contribution is 2.10. The molecule has 1 atom stereocenters. The number of piperidine rings is 1. The lowest BCUT2D eigenvalue weighted by atomic mass is 10.0. The van der Waals surface area contributed by atoms with E-state index in [4.69, 9.17) is 5.11 Å². The number of nitrogens with one attached hydrogen (secondary N) is 1. The first-order valence-electron chi connectivity index (χ1n) is 5.85. The van der Waals surface area contributed by atoms with E-state index in [1.54, 1.807) is 0 Å². The summed E-state index contributed by atoms with van der Waals surface area (Å²) in [6.45, 7) is 3.68. The summed E-state index contributed by atoms with van der Waals surface area (Å²) in [5.41, 5.74) is 0. The molecule has 1 saturated heterocycles. The summed E-state index contributed by atoms with van der Waals surface area (Å²) in [4.78, 5) is 2.31. The van der Waals surface area contributed by atoms with Crippen LogP contribution in [0.25, 0.3) is 0 Å². The van der Waals surface area contributed by atoms with Crippen molar-refractivity contribution < 1.29 is 5.11 Å². The van der Waals surface area contributed by atoms with Gasteiger partial charge in [-0.05, 0) is 45.8 Å². The summed E-state index contributed by atoms with van der Waals surface area (Å²) in [7, 11) is 2.14. The van der Waals surface area contributed by atoms with Crippen molar-refractivity contribution in [2.75, 3.05) is 33.3 Å². The van der Waals surface area contributed by atoms with Crippen LogP contribution in [0.4, 0.5) is 0 Å². The maximum absolute atomic E-state index is 8.69. The molecular formula is C11H24N2O. The topological polar surface area (TPSA) is 35.5 Å². The lowest BCUT2D eigenvalue weighted by Crippen LogP contribution is -2.37. The van der Waals surface area contributed by atoms with Gasteiger partial charge in [0.1, 0.15) is 0 Å². The molecule has 1 aliphatic heterocycles. The number of hydrogen-bond donors (Lipinski definition) is 2. The Morgan fingerprint density at radius 2 is 2.21 bits per heavy atom. The summed E-state index contributed by atoms with van der Waals surface area (Å²) >= 11 is 0. The molecule has 0 bridgehead atoms. The van der Waals surface area contributed by atoms with Crippen LogP contribution in [0.2, 0.25) is 0 Å². The Hall–Kier alpha value is -0.120. The number of aliphatic hydroxyl groups excluding tert-OH is 1. The Balaban J connectivity index is 2.00. The fraction of sp³-hybridized carbons (Fsp3) is 1.00. The van der Waals surface area contributed by atoms with Gasteiger partial charge in [0.15, 0.2) is 0 Å². The zero-order valence-corrected chi connectivity index (χ0v) is 9.34. The molecule has 1 fully saturated rings. The van der Waals surface area contributed by atoms with E-state index in [0.29, 0.717) is 6.61 Å². The van der Waals surface area contributed by atoms with E-state index in [9.17, 15) is 0 Å². The molecule has 14 heavy (non-hydrogen) atoms. The number of aliphatic hydroxyl groups is 1. The van der Waals surface area contributed by atoms with Crippen molar-refractivity contribution in [1.29, 1.82) is 0 Å². The van der Waals surface area contributed by atoms with Crippen LogP contribution in [0.1, 0.15) is 32.1 Å². The average Bonchev–Trinajstić information content (AvgIpc) is 2.25. The second-order valence-electron chi connectivity index (χ2n) is 4.32. The van der Waals surface area contributed by atoms with Gasteiger partial charge >= 0.3 is 0 Å². The summed E-state index contributed by atoms with van der Waals surface area (Å²) in [5.74, 6) is 0. The molecule has 84 valence electrons. The van der Waals surface area contributed by atoms with Crippen molar-refractivity contribution in [3.63, 3.8) is 0 Å². The van der Waals surface area contributed by atoms with E-state index in [0.717, 1.165) is 25.6 Å². The van der Waals surface area contributed by atoms with Crippen molar-refractivity contribution in [2.24, 2.45) is 0 Å². The molecule has 0 spiro atoms. The first-order chi connectivity index (χ1) is 6.83. The molecule has 0 aromatic carbocycles. The number of nitrogens with zero attached hydrogens (tertiary/aromatic N) is 1. The van der Waals surface area contributed by atoms with Crippen LogP contribution in [-0.2, 0) is 0 Å². The fourth-order valence-corrected chi connectivity index (χ4v) is 2.00. The van der Waals surface area contributed by atoms with Gasteiger partial charge in [-0.2, -0.15) is 0 Å². The van der Waals surface area contributed by atoms with E-state index in [-0.39, 0.29) is 0 Å². The molecule has 0 radical (unpaired) electrons. The van der Waals surface area contributed by atoms with Gasteiger partial charge in [-0.1, -0.05) is 6.42 Å². The molecule has 2 N–H and O–H groups in total. The molecule has 1 aliphatic rings. The molecule has 0 saturated carbocycles. The van der Waals surface area contributed by atoms with Gasteiger partial charge in [0.25, 0.3) is 0 Å². The normalized spacial score (nSPS) is 22.9. The lowest BCUT2D eigenvalue weighted by Gasteiger charge is -2.25. The van der Waals surface area contributed by atoms with Crippen molar-refractivity contribution in [3.8, 4) is 0 Å². The Kier molecular flexibility index (Phi) is 6.15. The van der Waals surface area contributed by atoms with Crippen molar-refractivity contribution in [2.45, 2.75) is 38.1 Å². The molecule has 3 nitrogen and oxygen atoms in total. The second kappa shape index (κ2) is 7.21. The third-order valence-corrected chi connectivity index (χ3v) is 2.97. The minimum absolute atomic E-state index is 0.312. The minimum Gasteiger partial charge on any atom is -0.396 e. The van der Waals surface area contributed by atoms with Gasteiger partial charge < -0.3 is 15.3 Å². The van der Waals surface area contributed by atoms with Crippen LogP contribution in [-0.4, -0.2) is 49.3 Å². The van der Waals surface area contributed by atoms with Gasteiger partial charge in [0.05, 0.1) is 0 Å². The number of hydrogen-bond acceptors (Lipinski definition) is 3. The zero-order valence-electron chi connectivity index (χ0n) is 9.34. The highest BCUT2D eigenvalue weighted by Gasteiger charge is 2.12. The molecule has 0 aliphatic carbocycles. The van der Waals surface area contributed by atoms with Gasteiger partial charge in [-0.3, -0.25) is 0 Å². The Morgan fingerprint density at radius 1 is 1.36 bits per heavy atom. The van der Waals surface area contributed by atoms with Crippen LogP contribution < -0.4 is 5.32 Å². The minimum atomic E-state index is 0.312. The van der Waals surface area contributed by atoms with Gasteiger partial charge in [-0.25, -0.2) is 0 Å². The Morgan fingerprint density at radius 3 is 2.86 bits per heavy atom. The van der Waals surface area contributed by atoms with E-state index < -0.39 is 0 Å². The quantitative estimate of drug-likeness (QED) is 0.667. The molecule has 1 heterocycles. The average molecular weight is 200 g/mol. The van der Waals surface area contributed by atoms with E-state index >= 15 is 0 Å². The highest BCUT2D eigenvalue weighted by molar-refractivity contribution is 4.73.